The fraction of sp³-hybridized carbons (Fsp3) is 0.375. The zero-order valence-electron chi connectivity index (χ0n) is 11.4. The molecule has 1 heterocycles. The first-order chi connectivity index (χ1) is 9.69. The van der Waals surface area contributed by atoms with Gasteiger partial charge in [0.2, 0.25) is 0 Å². The van der Waals surface area contributed by atoms with Gasteiger partial charge in [0.25, 0.3) is 5.91 Å². The maximum atomic E-state index is 12.1. The lowest BCUT2D eigenvalue weighted by molar-refractivity contribution is 0.0936. The Morgan fingerprint density at radius 1 is 1.25 bits per heavy atom. The molecule has 20 heavy (non-hydrogen) atoms. The van der Waals surface area contributed by atoms with Gasteiger partial charge < -0.3 is 9.73 Å². The minimum absolute atomic E-state index is 0.0543. The van der Waals surface area contributed by atoms with E-state index in [1.54, 1.807) is 6.07 Å². The van der Waals surface area contributed by atoms with E-state index in [0.717, 1.165) is 0 Å². The van der Waals surface area contributed by atoms with Crippen LogP contribution in [0.5, 0.6) is 0 Å². The van der Waals surface area contributed by atoms with E-state index < -0.39 is 0 Å². The minimum Gasteiger partial charge on any atom is -0.451 e. The highest BCUT2D eigenvalue weighted by Gasteiger charge is 2.18. The third-order valence-corrected chi connectivity index (χ3v) is 4.03. The monoisotopic (exact) mass is 271 g/mol. The maximum absolute atomic E-state index is 12.1. The molecule has 1 saturated carbocycles. The molecule has 1 aromatic carbocycles. The first-order valence-corrected chi connectivity index (χ1v) is 6.99. The number of amides is 1. The standard InChI is InChI=1S/C16H17NO3/c1-17-16(19)15-9-13(18)12-8-11(6-7-14(12)20-15)10-4-2-3-5-10/h6-10H,2-5H2,1H3,(H,17,19). The van der Waals surface area contributed by atoms with E-state index >= 15 is 0 Å². The van der Waals surface area contributed by atoms with Crippen LogP contribution in [0.4, 0.5) is 0 Å². The van der Waals surface area contributed by atoms with Crippen molar-refractivity contribution in [2.24, 2.45) is 0 Å². The predicted octanol–water partition coefficient (Wildman–Crippen LogP) is 2.81. The van der Waals surface area contributed by atoms with Crippen LogP contribution < -0.4 is 10.7 Å². The van der Waals surface area contributed by atoms with Gasteiger partial charge in [0.15, 0.2) is 11.2 Å². The van der Waals surface area contributed by atoms with Gasteiger partial charge in [0.05, 0.1) is 5.39 Å². The quantitative estimate of drug-likeness (QED) is 0.913. The summed E-state index contributed by atoms with van der Waals surface area (Å²) in [4.78, 5) is 23.7. The molecule has 4 nitrogen and oxygen atoms in total. The average Bonchev–Trinajstić information content (AvgIpc) is 3.00. The fourth-order valence-corrected chi connectivity index (χ4v) is 2.92. The van der Waals surface area contributed by atoms with Crippen molar-refractivity contribution < 1.29 is 9.21 Å². The fourth-order valence-electron chi connectivity index (χ4n) is 2.92. The van der Waals surface area contributed by atoms with Crippen LogP contribution in [0.25, 0.3) is 11.0 Å². The van der Waals surface area contributed by atoms with Crippen molar-refractivity contribution in [3.05, 3.63) is 45.8 Å². The Morgan fingerprint density at radius 3 is 2.70 bits per heavy atom. The second kappa shape index (κ2) is 5.12. The van der Waals surface area contributed by atoms with Gasteiger partial charge in [-0.15, -0.1) is 0 Å². The molecular formula is C16H17NO3. The highest BCUT2D eigenvalue weighted by Crippen LogP contribution is 2.34. The summed E-state index contributed by atoms with van der Waals surface area (Å²) in [5.74, 6) is 0.222. The van der Waals surface area contributed by atoms with Gasteiger partial charge in [0, 0.05) is 13.1 Å². The molecule has 1 N–H and O–H groups in total. The SMILES string of the molecule is CNC(=O)c1cc(=O)c2cc(C3CCCC3)ccc2o1. The van der Waals surface area contributed by atoms with Crippen LogP contribution in [0.15, 0.2) is 33.5 Å². The van der Waals surface area contributed by atoms with E-state index in [9.17, 15) is 9.59 Å². The molecule has 0 atom stereocenters. The molecule has 1 aromatic heterocycles. The largest absolute Gasteiger partial charge is 0.451 e. The molecule has 0 unspecified atom stereocenters. The summed E-state index contributed by atoms with van der Waals surface area (Å²) in [6, 6.07) is 7.00. The molecule has 0 aliphatic heterocycles. The van der Waals surface area contributed by atoms with Crippen molar-refractivity contribution in [1.82, 2.24) is 5.32 Å². The van der Waals surface area contributed by atoms with Crippen LogP contribution in [0, 0.1) is 0 Å². The second-order valence-corrected chi connectivity index (χ2v) is 5.29. The first-order valence-electron chi connectivity index (χ1n) is 6.99. The van der Waals surface area contributed by atoms with E-state index in [-0.39, 0.29) is 17.1 Å². The number of carbonyl (C=O) groups is 1. The summed E-state index contributed by atoms with van der Waals surface area (Å²) in [5.41, 5.74) is 1.51. The smallest absolute Gasteiger partial charge is 0.286 e. The lowest BCUT2D eigenvalue weighted by atomic mass is 9.96. The Bertz CT molecular complexity index is 711. The van der Waals surface area contributed by atoms with Gasteiger partial charge in [-0.05, 0) is 36.5 Å². The summed E-state index contributed by atoms with van der Waals surface area (Å²) in [5, 5.41) is 3.02. The molecule has 4 heteroatoms. The third-order valence-electron chi connectivity index (χ3n) is 4.03. The van der Waals surface area contributed by atoms with Gasteiger partial charge >= 0.3 is 0 Å². The Kier molecular flexibility index (Phi) is 3.30. The molecule has 3 rings (SSSR count). The Hall–Kier alpha value is -2.10. The van der Waals surface area contributed by atoms with E-state index in [1.807, 2.05) is 12.1 Å². The lowest BCUT2D eigenvalue weighted by Crippen LogP contribution is -2.19. The average molecular weight is 271 g/mol. The molecule has 1 aliphatic carbocycles. The highest BCUT2D eigenvalue weighted by molar-refractivity contribution is 5.92. The summed E-state index contributed by atoms with van der Waals surface area (Å²) < 4.78 is 5.50. The summed E-state index contributed by atoms with van der Waals surface area (Å²) >= 11 is 0. The highest BCUT2D eigenvalue weighted by atomic mass is 16.3. The number of hydrogen-bond donors (Lipinski definition) is 1. The molecule has 0 spiro atoms. The second-order valence-electron chi connectivity index (χ2n) is 5.29. The van der Waals surface area contributed by atoms with E-state index in [0.29, 0.717) is 16.9 Å². The van der Waals surface area contributed by atoms with E-state index in [2.05, 4.69) is 5.32 Å². The van der Waals surface area contributed by atoms with Gasteiger partial charge in [-0.25, -0.2) is 0 Å². The van der Waals surface area contributed by atoms with Crippen molar-refractivity contribution in [2.75, 3.05) is 7.05 Å². The lowest BCUT2D eigenvalue weighted by Gasteiger charge is -2.10. The van der Waals surface area contributed by atoms with Crippen molar-refractivity contribution in [1.29, 1.82) is 0 Å². The summed E-state index contributed by atoms with van der Waals surface area (Å²) in [6.45, 7) is 0. The van der Waals surface area contributed by atoms with Crippen LogP contribution in [0.3, 0.4) is 0 Å². The number of benzene rings is 1. The van der Waals surface area contributed by atoms with Gasteiger partial charge in [0.1, 0.15) is 5.58 Å². The molecule has 2 aromatic rings. The molecule has 1 aliphatic rings. The van der Waals surface area contributed by atoms with Crippen LogP contribution in [-0.2, 0) is 0 Å². The van der Waals surface area contributed by atoms with Gasteiger partial charge in [-0.2, -0.15) is 0 Å². The van der Waals surface area contributed by atoms with E-state index in [1.165, 1.54) is 44.4 Å². The van der Waals surface area contributed by atoms with E-state index in [4.69, 9.17) is 4.42 Å². The number of nitrogens with one attached hydrogen (secondary N) is 1. The molecule has 104 valence electrons. The number of hydrogen-bond acceptors (Lipinski definition) is 3. The maximum Gasteiger partial charge on any atom is 0.286 e. The molecule has 0 radical (unpaired) electrons. The van der Waals surface area contributed by atoms with Crippen molar-refractivity contribution in [3.63, 3.8) is 0 Å². The predicted molar refractivity (Wildman–Crippen MR) is 77.1 cm³/mol. The van der Waals surface area contributed by atoms with Crippen LogP contribution in [0.1, 0.15) is 47.7 Å². The number of fused-ring (bicyclic) bond motifs is 1. The molecule has 1 amide bonds. The number of rotatable bonds is 2. The Balaban J connectivity index is 2.09. The molecule has 1 fully saturated rings. The van der Waals surface area contributed by atoms with Crippen molar-refractivity contribution in [2.45, 2.75) is 31.6 Å². The van der Waals surface area contributed by atoms with Gasteiger partial charge in [-0.3, -0.25) is 9.59 Å². The van der Waals surface area contributed by atoms with Crippen molar-refractivity contribution >= 4 is 16.9 Å². The van der Waals surface area contributed by atoms with Crippen LogP contribution in [-0.4, -0.2) is 13.0 Å². The van der Waals surface area contributed by atoms with Crippen LogP contribution in [0.2, 0.25) is 0 Å². The number of carbonyl (C=O) groups excluding carboxylic acids is 1. The Morgan fingerprint density at radius 2 is 2.00 bits per heavy atom. The Labute approximate surface area is 116 Å². The minimum atomic E-state index is -0.385. The zero-order chi connectivity index (χ0) is 14.1. The third kappa shape index (κ3) is 2.22. The first kappa shape index (κ1) is 12.9. The van der Waals surface area contributed by atoms with Crippen molar-refractivity contribution in [3.8, 4) is 0 Å². The topological polar surface area (TPSA) is 59.3 Å². The summed E-state index contributed by atoms with van der Waals surface area (Å²) in [7, 11) is 1.51. The normalized spacial score (nSPS) is 15.7. The molecular weight excluding hydrogens is 254 g/mol. The van der Waals surface area contributed by atoms with Gasteiger partial charge in [-0.1, -0.05) is 18.9 Å². The summed E-state index contributed by atoms with van der Waals surface area (Å²) in [6.07, 6.45) is 4.89. The van der Waals surface area contributed by atoms with Crippen LogP contribution >= 0.6 is 0 Å². The molecule has 0 saturated heterocycles. The zero-order valence-corrected chi connectivity index (χ0v) is 11.4. The molecule has 0 bridgehead atoms.